The van der Waals surface area contributed by atoms with Crippen molar-refractivity contribution in [2.75, 3.05) is 12.4 Å². The van der Waals surface area contributed by atoms with Gasteiger partial charge in [0.25, 0.3) is 5.91 Å². The van der Waals surface area contributed by atoms with Gasteiger partial charge in [-0.3, -0.25) is 9.59 Å². The average Bonchev–Trinajstić information content (AvgIpc) is 3.17. The number of fused-ring (bicyclic) bond motifs is 1. The van der Waals surface area contributed by atoms with Crippen LogP contribution >= 0.6 is 11.3 Å². The van der Waals surface area contributed by atoms with Crippen molar-refractivity contribution in [3.63, 3.8) is 0 Å². The molecule has 0 saturated heterocycles. The molecule has 0 spiro atoms. The van der Waals surface area contributed by atoms with Gasteiger partial charge in [0.2, 0.25) is 5.91 Å². The Morgan fingerprint density at radius 1 is 1.31 bits per heavy atom. The molecule has 8 heteroatoms. The second kappa shape index (κ2) is 7.17. The van der Waals surface area contributed by atoms with Crippen LogP contribution in [0.2, 0.25) is 0 Å². The molecular weight excluding hydrogens is 352 g/mol. The normalized spacial score (nSPS) is 12.0. The van der Waals surface area contributed by atoms with Gasteiger partial charge in [0.15, 0.2) is 5.13 Å². The van der Waals surface area contributed by atoms with E-state index in [0.29, 0.717) is 10.8 Å². The molecule has 0 fully saturated rings. The minimum Gasteiger partial charge on any atom is -0.497 e. The molecule has 1 atom stereocenters. The van der Waals surface area contributed by atoms with Crippen molar-refractivity contribution in [3.8, 4) is 5.75 Å². The van der Waals surface area contributed by atoms with E-state index >= 15 is 0 Å². The highest BCUT2D eigenvalue weighted by atomic mass is 32.1. The summed E-state index contributed by atoms with van der Waals surface area (Å²) in [6, 6.07) is 6.69. The first-order chi connectivity index (χ1) is 12.4. The summed E-state index contributed by atoms with van der Waals surface area (Å²) >= 11 is 1.39. The monoisotopic (exact) mass is 372 g/mol. The molecule has 3 rings (SSSR count). The Labute approximate surface area is 155 Å². The number of hydrogen-bond donors (Lipinski definition) is 2. The lowest BCUT2D eigenvalue weighted by Gasteiger charge is -2.13. The highest BCUT2D eigenvalue weighted by Crippen LogP contribution is 2.24. The van der Waals surface area contributed by atoms with Gasteiger partial charge in [0.05, 0.1) is 7.11 Å². The zero-order valence-corrected chi connectivity index (χ0v) is 15.8. The van der Waals surface area contributed by atoms with E-state index in [4.69, 9.17) is 4.74 Å². The molecule has 0 bridgehead atoms. The number of methoxy groups -OCH3 is 1. The number of nitrogens with zero attached hydrogens (tertiary/aromatic N) is 2. The molecule has 2 heterocycles. The number of amides is 2. The van der Waals surface area contributed by atoms with Gasteiger partial charge in [-0.2, -0.15) is 0 Å². The topological polar surface area (TPSA) is 85.2 Å². The number of ether oxygens (including phenoxy) is 1. The lowest BCUT2D eigenvalue weighted by atomic mass is 10.2. The summed E-state index contributed by atoms with van der Waals surface area (Å²) in [6.07, 6.45) is 1.69. The van der Waals surface area contributed by atoms with Crippen molar-refractivity contribution < 1.29 is 14.3 Å². The first-order valence-electron chi connectivity index (χ1n) is 8.06. The predicted octanol–water partition coefficient (Wildman–Crippen LogP) is 2.71. The Morgan fingerprint density at radius 3 is 2.73 bits per heavy atom. The molecule has 0 aliphatic heterocycles. The molecule has 1 unspecified atom stereocenters. The van der Waals surface area contributed by atoms with Crippen LogP contribution in [0.1, 0.15) is 22.3 Å². The van der Waals surface area contributed by atoms with Gasteiger partial charge in [-0.05, 0) is 38.1 Å². The number of hydrogen-bond acceptors (Lipinski definition) is 5. The lowest BCUT2D eigenvalue weighted by molar-refractivity contribution is -0.117. The van der Waals surface area contributed by atoms with Crippen molar-refractivity contribution in [2.45, 2.75) is 19.9 Å². The fourth-order valence-corrected chi connectivity index (χ4v) is 3.30. The number of thiazole rings is 1. The van der Waals surface area contributed by atoms with Crippen LogP contribution in [0.4, 0.5) is 5.13 Å². The molecule has 2 amide bonds. The molecule has 0 radical (unpaired) electrons. The quantitative estimate of drug-likeness (QED) is 0.721. The summed E-state index contributed by atoms with van der Waals surface area (Å²) in [5.41, 5.74) is 1.38. The van der Waals surface area contributed by atoms with Crippen molar-refractivity contribution in [1.29, 1.82) is 0 Å². The Balaban J connectivity index is 1.73. The van der Waals surface area contributed by atoms with Gasteiger partial charge in [-0.25, -0.2) is 4.98 Å². The second-order valence-corrected chi connectivity index (χ2v) is 7.21. The van der Waals surface area contributed by atoms with Gasteiger partial charge >= 0.3 is 0 Å². The Bertz CT molecular complexity index is 976. The summed E-state index contributed by atoms with van der Waals surface area (Å²) in [7, 11) is 3.41. The van der Waals surface area contributed by atoms with Crippen molar-refractivity contribution in [3.05, 3.63) is 41.0 Å². The van der Waals surface area contributed by atoms with E-state index < -0.39 is 6.04 Å². The molecule has 0 aliphatic carbocycles. The van der Waals surface area contributed by atoms with E-state index in [0.717, 1.165) is 21.5 Å². The number of anilines is 1. The fraction of sp³-hybridized carbons (Fsp3) is 0.278. The zero-order valence-electron chi connectivity index (χ0n) is 15.0. The molecule has 7 nitrogen and oxygen atoms in total. The van der Waals surface area contributed by atoms with Crippen LogP contribution in [-0.2, 0) is 11.8 Å². The van der Waals surface area contributed by atoms with Crippen LogP contribution < -0.4 is 15.4 Å². The van der Waals surface area contributed by atoms with Crippen LogP contribution in [0.15, 0.2) is 30.5 Å². The molecule has 0 saturated carbocycles. The highest BCUT2D eigenvalue weighted by molar-refractivity contribution is 7.15. The van der Waals surface area contributed by atoms with Crippen LogP contribution in [0.25, 0.3) is 10.9 Å². The summed E-state index contributed by atoms with van der Waals surface area (Å²) in [5, 5.41) is 6.85. The van der Waals surface area contributed by atoms with Gasteiger partial charge in [-0.15, -0.1) is 11.3 Å². The van der Waals surface area contributed by atoms with E-state index in [1.165, 1.54) is 11.3 Å². The van der Waals surface area contributed by atoms with Crippen molar-refractivity contribution in [2.24, 2.45) is 7.05 Å². The molecular formula is C18H20N4O3S. The first kappa shape index (κ1) is 17.9. The maximum absolute atomic E-state index is 12.6. The van der Waals surface area contributed by atoms with Crippen LogP contribution in [-0.4, -0.2) is 34.5 Å². The van der Waals surface area contributed by atoms with Crippen LogP contribution in [0.5, 0.6) is 5.75 Å². The predicted molar refractivity (Wildman–Crippen MR) is 102 cm³/mol. The second-order valence-electron chi connectivity index (χ2n) is 5.97. The Hall–Kier alpha value is -2.87. The minimum atomic E-state index is -0.695. The number of carbonyl (C=O) groups is 2. The summed E-state index contributed by atoms with van der Waals surface area (Å²) < 4.78 is 7.01. The molecule has 2 N–H and O–H groups in total. The standard InChI is InChI=1S/C18H20N4O3S/c1-10-9-19-18(26-10)21-16(23)11(2)20-17(24)15-8-12-7-13(25-4)5-6-14(12)22(15)3/h5-9,11H,1-4H3,(H,20,24)(H,19,21,23). The number of aryl methyl sites for hydroxylation is 2. The van der Waals surface area contributed by atoms with E-state index in [-0.39, 0.29) is 11.8 Å². The van der Waals surface area contributed by atoms with Gasteiger partial charge in [-0.1, -0.05) is 0 Å². The van der Waals surface area contributed by atoms with Crippen molar-refractivity contribution in [1.82, 2.24) is 14.9 Å². The molecule has 3 aromatic rings. The number of benzene rings is 1. The zero-order chi connectivity index (χ0) is 18.8. The van der Waals surface area contributed by atoms with Crippen molar-refractivity contribution >= 4 is 39.2 Å². The molecule has 1 aromatic carbocycles. The van der Waals surface area contributed by atoms with E-state index in [9.17, 15) is 9.59 Å². The maximum Gasteiger partial charge on any atom is 0.268 e. The van der Waals surface area contributed by atoms with E-state index in [2.05, 4.69) is 15.6 Å². The van der Waals surface area contributed by atoms with E-state index in [1.807, 2.05) is 32.2 Å². The average molecular weight is 372 g/mol. The first-order valence-corrected chi connectivity index (χ1v) is 8.88. The smallest absolute Gasteiger partial charge is 0.268 e. The SMILES string of the molecule is COc1ccc2c(c1)cc(C(=O)NC(C)C(=O)Nc1ncc(C)s1)n2C. The Morgan fingerprint density at radius 2 is 2.08 bits per heavy atom. The highest BCUT2D eigenvalue weighted by Gasteiger charge is 2.20. The largest absolute Gasteiger partial charge is 0.497 e. The third-order valence-electron chi connectivity index (χ3n) is 4.07. The molecule has 136 valence electrons. The van der Waals surface area contributed by atoms with Gasteiger partial charge < -0.3 is 19.9 Å². The van der Waals surface area contributed by atoms with Gasteiger partial charge in [0.1, 0.15) is 17.5 Å². The molecule has 2 aromatic heterocycles. The summed E-state index contributed by atoms with van der Waals surface area (Å²) in [6.45, 7) is 3.55. The number of rotatable bonds is 5. The molecule has 0 aliphatic rings. The van der Waals surface area contributed by atoms with Gasteiger partial charge in [0, 0.05) is 29.0 Å². The minimum absolute atomic E-state index is 0.312. The third-order valence-corrected chi connectivity index (χ3v) is 4.90. The third kappa shape index (κ3) is 3.55. The van der Waals surface area contributed by atoms with E-state index in [1.54, 1.807) is 30.9 Å². The summed E-state index contributed by atoms with van der Waals surface area (Å²) in [5.74, 6) is 0.0929. The number of nitrogens with one attached hydrogen (secondary N) is 2. The van der Waals surface area contributed by atoms with Crippen LogP contribution in [0.3, 0.4) is 0 Å². The molecule has 26 heavy (non-hydrogen) atoms. The fourth-order valence-electron chi connectivity index (χ4n) is 2.63. The van der Waals surface area contributed by atoms with Crippen LogP contribution in [0, 0.1) is 6.92 Å². The maximum atomic E-state index is 12.6. The number of carbonyl (C=O) groups excluding carboxylic acids is 2. The Kier molecular flexibility index (Phi) is 4.94. The lowest BCUT2D eigenvalue weighted by Crippen LogP contribution is -2.42. The number of aromatic nitrogens is 2. The summed E-state index contributed by atoms with van der Waals surface area (Å²) in [4.78, 5) is 29.9.